The van der Waals surface area contributed by atoms with Gasteiger partial charge in [-0.05, 0) is 5.92 Å². The molecule has 3 atom stereocenters. The van der Waals surface area contributed by atoms with Gasteiger partial charge in [-0.3, -0.25) is 14.3 Å². The predicted molar refractivity (Wildman–Crippen MR) is 73.4 cm³/mol. The van der Waals surface area contributed by atoms with Gasteiger partial charge in [0.1, 0.15) is 25.0 Å². The number of hydrogen-bond acceptors (Lipinski definition) is 6. The van der Waals surface area contributed by atoms with Crippen LogP contribution in [-0.2, 0) is 9.47 Å². The van der Waals surface area contributed by atoms with E-state index in [2.05, 4.69) is 29.6 Å². The molecule has 20 heavy (non-hydrogen) atoms. The highest BCUT2D eigenvalue weighted by Gasteiger charge is 2.35. The number of aliphatic hydroxyl groups excluding tert-OH is 1. The van der Waals surface area contributed by atoms with Gasteiger partial charge >= 0.3 is 5.69 Å². The van der Waals surface area contributed by atoms with Gasteiger partial charge in [0.05, 0.1) is 11.9 Å². The highest BCUT2D eigenvalue weighted by atomic mass is 32.1. The monoisotopic (exact) mass is 298 g/mol. The number of rotatable bonds is 3. The molecule has 0 aromatic carbocycles. The molecule has 2 heterocycles. The molecule has 0 bridgehead atoms. The Labute approximate surface area is 119 Å². The van der Waals surface area contributed by atoms with Crippen LogP contribution < -0.4 is 11.2 Å². The van der Waals surface area contributed by atoms with Gasteiger partial charge < -0.3 is 14.6 Å². The van der Waals surface area contributed by atoms with Crippen molar-refractivity contribution in [3.63, 3.8) is 0 Å². The smallest absolute Gasteiger partial charge is 0.330 e. The van der Waals surface area contributed by atoms with Crippen molar-refractivity contribution >= 4 is 12.6 Å². The van der Waals surface area contributed by atoms with Crippen LogP contribution in [0.4, 0.5) is 0 Å². The summed E-state index contributed by atoms with van der Waals surface area (Å²) in [6, 6.07) is 1.22. The maximum atomic E-state index is 11.6. The Hall–Kier alpha value is -1.69. The molecule has 0 radical (unpaired) electrons. The summed E-state index contributed by atoms with van der Waals surface area (Å²) in [6.07, 6.45) is 2.01. The van der Waals surface area contributed by atoms with E-state index < -0.39 is 29.7 Å². The molecule has 1 unspecified atom stereocenters. The molecule has 0 amide bonds. The van der Waals surface area contributed by atoms with Gasteiger partial charge in [-0.2, -0.15) is 12.6 Å². The first-order valence-electron chi connectivity index (χ1n) is 5.97. The molecule has 1 saturated heterocycles. The van der Waals surface area contributed by atoms with E-state index in [1.807, 2.05) is 0 Å². The van der Waals surface area contributed by atoms with E-state index in [-0.39, 0.29) is 13.0 Å². The Morgan fingerprint density at radius 3 is 3.10 bits per heavy atom. The van der Waals surface area contributed by atoms with Gasteiger partial charge in [-0.15, -0.1) is 0 Å². The summed E-state index contributed by atoms with van der Waals surface area (Å²) in [4.78, 5) is 24.7. The van der Waals surface area contributed by atoms with E-state index in [0.717, 1.165) is 0 Å². The molecule has 0 spiro atoms. The van der Waals surface area contributed by atoms with Crippen molar-refractivity contribution in [3.8, 4) is 12.0 Å². The highest BCUT2D eigenvalue weighted by Crippen LogP contribution is 2.27. The molecule has 1 aliphatic rings. The summed E-state index contributed by atoms with van der Waals surface area (Å²) < 4.78 is 11.8. The molecule has 0 saturated carbocycles. The Bertz CT molecular complexity index is 629. The number of thiol groups is 1. The Balaban J connectivity index is 2.02. The fraction of sp³-hybridized carbons (Fsp3) is 0.500. The largest absolute Gasteiger partial charge is 0.444 e. The third-order valence-electron chi connectivity index (χ3n) is 2.84. The van der Waals surface area contributed by atoms with Crippen LogP contribution in [0.5, 0.6) is 0 Å². The van der Waals surface area contributed by atoms with Gasteiger partial charge in [0.2, 0.25) is 0 Å². The van der Waals surface area contributed by atoms with Crippen LogP contribution in [0.25, 0.3) is 0 Å². The first kappa shape index (κ1) is 14.7. The van der Waals surface area contributed by atoms with Gasteiger partial charge in [0, 0.05) is 18.7 Å². The Morgan fingerprint density at radius 1 is 1.60 bits per heavy atom. The average molecular weight is 298 g/mol. The van der Waals surface area contributed by atoms with Crippen molar-refractivity contribution in [3.05, 3.63) is 33.1 Å². The lowest BCUT2D eigenvalue weighted by atomic mass is 10.2. The van der Waals surface area contributed by atoms with E-state index in [4.69, 9.17) is 9.47 Å². The zero-order valence-corrected chi connectivity index (χ0v) is 11.4. The van der Waals surface area contributed by atoms with Crippen LogP contribution in [0.1, 0.15) is 12.6 Å². The summed E-state index contributed by atoms with van der Waals surface area (Å²) in [5, 5.41) is 9.87. The quantitative estimate of drug-likeness (QED) is 0.496. The van der Waals surface area contributed by atoms with Crippen molar-refractivity contribution in [1.29, 1.82) is 0 Å². The summed E-state index contributed by atoms with van der Waals surface area (Å²) in [5.41, 5.74) is -1.06. The second-order valence-electron chi connectivity index (χ2n) is 4.20. The average Bonchev–Trinajstić information content (AvgIpc) is 2.76. The lowest BCUT2D eigenvalue weighted by Gasteiger charge is -2.14. The molecule has 0 aliphatic carbocycles. The molecular weight excluding hydrogens is 284 g/mol. The number of ether oxygens (including phenoxy) is 2. The number of aromatic amines is 1. The molecule has 2 N–H and O–H groups in total. The number of hydrogen-bond donors (Lipinski definition) is 3. The Morgan fingerprint density at radius 2 is 2.40 bits per heavy atom. The normalized spacial score (nSPS) is 25.0. The Kier molecular flexibility index (Phi) is 4.89. The zero-order valence-electron chi connectivity index (χ0n) is 10.5. The second-order valence-corrected chi connectivity index (χ2v) is 4.51. The lowest BCUT2D eigenvalue weighted by molar-refractivity contribution is -0.0458. The minimum atomic E-state index is -0.767. The lowest BCUT2D eigenvalue weighted by Crippen LogP contribution is -2.31. The third-order valence-corrected chi connectivity index (χ3v) is 2.99. The van der Waals surface area contributed by atoms with Gasteiger partial charge in [0.25, 0.3) is 5.56 Å². The van der Waals surface area contributed by atoms with Crippen molar-refractivity contribution in [2.45, 2.75) is 24.9 Å². The first-order chi connectivity index (χ1) is 9.61. The van der Waals surface area contributed by atoms with Crippen LogP contribution >= 0.6 is 12.6 Å². The predicted octanol–water partition coefficient (Wildman–Crippen LogP) is -0.908. The topological polar surface area (TPSA) is 93.6 Å². The van der Waals surface area contributed by atoms with Gasteiger partial charge in [0.15, 0.2) is 0 Å². The fourth-order valence-corrected chi connectivity index (χ4v) is 1.96. The summed E-state index contributed by atoms with van der Waals surface area (Å²) in [5.74, 6) is 2.98. The van der Waals surface area contributed by atoms with Crippen LogP contribution in [0, 0.1) is 12.0 Å². The molecule has 7 nitrogen and oxygen atoms in total. The number of nitrogens with zero attached hydrogens (tertiary/aromatic N) is 1. The molecule has 8 heteroatoms. The van der Waals surface area contributed by atoms with Crippen LogP contribution in [0.2, 0.25) is 0 Å². The SMILES string of the molecule is O=c1ccn([C@@H]2CC(O)[C@H](COC#CCS)O2)c(=O)[nH]1. The van der Waals surface area contributed by atoms with Crippen LogP contribution in [0.15, 0.2) is 21.9 Å². The molecule has 1 aromatic rings. The number of aromatic nitrogens is 2. The zero-order chi connectivity index (χ0) is 14.5. The number of nitrogens with one attached hydrogen (secondary N) is 1. The fourth-order valence-electron chi connectivity index (χ4n) is 1.90. The molecule has 1 aliphatic heterocycles. The standard InChI is InChI=1S/C12H14N2O5S/c15-8-6-11(14-3-2-10(16)13-12(14)17)19-9(8)7-18-4-1-5-20/h2-3,8-9,11,15,20H,5-7H2,(H,13,16,17)/t8?,9-,11-/m0/s1. The van der Waals surface area contributed by atoms with Crippen LogP contribution in [-0.4, -0.2) is 39.2 Å². The first-order valence-corrected chi connectivity index (χ1v) is 6.60. The molecule has 1 aromatic heterocycles. The highest BCUT2D eigenvalue weighted by molar-refractivity contribution is 7.80. The number of aliphatic hydroxyl groups is 1. The van der Waals surface area contributed by atoms with Crippen molar-refractivity contribution in [2.75, 3.05) is 12.4 Å². The van der Waals surface area contributed by atoms with E-state index in [1.54, 1.807) is 0 Å². The maximum absolute atomic E-state index is 11.6. The van der Waals surface area contributed by atoms with Crippen molar-refractivity contribution in [2.24, 2.45) is 0 Å². The molecule has 2 rings (SSSR count). The number of H-pyrrole nitrogens is 1. The van der Waals surface area contributed by atoms with Crippen LogP contribution in [0.3, 0.4) is 0 Å². The van der Waals surface area contributed by atoms with Crippen molar-refractivity contribution in [1.82, 2.24) is 9.55 Å². The molecular formula is C12H14N2O5S. The van der Waals surface area contributed by atoms with E-state index in [0.29, 0.717) is 5.75 Å². The van der Waals surface area contributed by atoms with E-state index in [1.165, 1.54) is 16.8 Å². The third kappa shape index (κ3) is 3.45. The molecule has 1 fully saturated rings. The van der Waals surface area contributed by atoms with Gasteiger partial charge in [-0.25, -0.2) is 4.79 Å². The minimum Gasteiger partial charge on any atom is -0.444 e. The second kappa shape index (κ2) is 6.65. The minimum absolute atomic E-state index is 0.0938. The summed E-state index contributed by atoms with van der Waals surface area (Å²) in [6.45, 7) is 0.0938. The van der Waals surface area contributed by atoms with Gasteiger partial charge in [-0.1, -0.05) is 0 Å². The summed E-state index contributed by atoms with van der Waals surface area (Å²) >= 11 is 3.90. The van der Waals surface area contributed by atoms with E-state index >= 15 is 0 Å². The van der Waals surface area contributed by atoms with Crippen molar-refractivity contribution < 1.29 is 14.6 Å². The maximum Gasteiger partial charge on any atom is 0.330 e. The molecule has 108 valence electrons. The van der Waals surface area contributed by atoms with E-state index in [9.17, 15) is 14.7 Å². The summed E-state index contributed by atoms with van der Waals surface area (Å²) in [7, 11) is 0.